The van der Waals surface area contributed by atoms with E-state index in [0.717, 1.165) is 29.9 Å². The number of carbonyl (C=O) groups excluding carboxylic acids is 2. The van der Waals surface area contributed by atoms with Crippen LogP contribution in [0.25, 0.3) is 0 Å². The van der Waals surface area contributed by atoms with Crippen LogP contribution in [0.5, 0.6) is 11.5 Å². The van der Waals surface area contributed by atoms with Gasteiger partial charge in [-0.15, -0.1) is 11.3 Å². The lowest BCUT2D eigenvalue weighted by atomic mass is 10.1. The van der Waals surface area contributed by atoms with Gasteiger partial charge in [0, 0.05) is 41.9 Å². The van der Waals surface area contributed by atoms with Gasteiger partial charge in [-0.2, -0.15) is 4.99 Å². The molecule has 2 amide bonds. The van der Waals surface area contributed by atoms with Gasteiger partial charge in [0.25, 0.3) is 11.8 Å². The van der Waals surface area contributed by atoms with E-state index in [-0.39, 0.29) is 17.9 Å². The molecule has 9 heteroatoms. The monoisotopic (exact) mass is 495 g/mol. The molecular weight excluding hydrogens is 466 g/mol. The third kappa shape index (κ3) is 6.17. The first kappa shape index (κ1) is 24.7. The van der Waals surface area contributed by atoms with Gasteiger partial charge in [-0.05, 0) is 55.7 Å². The van der Waals surface area contributed by atoms with Crippen molar-refractivity contribution in [2.75, 3.05) is 27.4 Å². The Hall–Kier alpha value is -3.43. The normalized spacial score (nSPS) is 15.7. The molecule has 1 N–H and O–H groups in total. The highest BCUT2D eigenvalue weighted by molar-refractivity contribution is 7.09. The number of thiazole rings is 1. The molecule has 1 aliphatic rings. The Morgan fingerprint density at radius 2 is 1.97 bits per heavy atom. The highest BCUT2D eigenvalue weighted by atomic mass is 32.1. The molecule has 1 aromatic heterocycles. The Morgan fingerprint density at radius 1 is 1.14 bits per heavy atom. The number of nitrogens with zero attached hydrogens (tertiary/aromatic N) is 2. The van der Waals surface area contributed by atoms with Gasteiger partial charge < -0.3 is 24.1 Å². The van der Waals surface area contributed by atoms with Crippen LogP contribution in [0.1, 0.15) is 44.0 Å². The van der Waals surface area contributed by atoms with Crippen molar-refractivity contribution < 1.29 is 23.8 Å². The molecular formula is C26H29N3O5S. The molecule has 0 unspecified atom stereocenters. The fourth-order valence-electron chi connectivity index (χ4n) is 3.95. The molecule has 0 saturated carbocycles. The second-order valence-corrected chi connectivity index (χ2v) is 9.50. The van der Waals surface area contributed by atoms with Crippen LogP contribution in [0, 0.1) is 6.92 Å². The maximum Gasteiger partial charge on any atom is 0.279 e. The fraction of sp³-hybridized carbons (Fsp3) is 0.346. The molecule has 0 aliphatic carbocycles. The average molecular weight is 496 g/mol. The summed E-state index contributed by atoms with van der Waals surface area (Å²) in [6.45, 7) is 3.73. The lowest BCUT2D eigenvalue weighted by Crippen LogP contribution is -2.31. The van der Waals surface area contributed by atoms with Crippen molar-refractivity contribution in [3.8, 4) is 11.5 Å². The molecule has 1 saturated heterocycles. The zero-order valence-corrected chi connectivity index (χ0v) is 20.9. The molecule has 0 radical (unpaired) electrons. The van der Waals surface area contributed by atoms with Gasteiger partial charge in [-0.1, -0.05) is 12.1 Å². The maximum atomic E-state index is 12.9. The summed E-state index contributed by atoms with van der Waals surface area (Å²) >= 11 is 1.43. The minimum atomic E-state index is -0.371. The first-order valence-electron chi connectivity index (χ1n) is 11.4. The predicted octanol–water partition coefficient (Wildman–Crippen LogP) is 3.57. The number of aromatic nitrogens is 1. The van der Waals surface area contributed by atoms with Crippen LogP contribution < -0.4 is 19.6 Å². The van der Waals surface area contributed by atoms with Crippen molar-refractivity contribution in [2.45, 2.75) is 32.4 Å². The molecule has 35 heavy (non-hydrogen) atoms. The fourth-order valence-corrected chi connectivity index (χ4v) is 4.78. The second kappa shape index (κ2) is 11.3. The number of carbonyl (C=O) groups is 2. The Balaban J connectivity index is 1.51. The van der Waals surface area contributed by atoms with Crippen molar-refractivity contribution in [1.82, 2.24) is 9.88 Å². The van der Waals surface area contributed by atoms with Crippen LogP contribution in [0.3, 0.4) is 0 Å². The molecule has 1 fully saturated rings. The summed E-state index contributed by atoms with van der Waals surface area (Å²) in [6, 6.07) is 12.4. The number of methoxy groups -OCH3 is 2. The molecule has 184 valence electrons. The maximum absolute atomic E-state index is 12.9. The van der Waals surface area contributed by atoms with E-state index >= 15 is 0 Å². The van der Waals surface area contributed by atoms with Crippen LogP contribution >= 0.6 is 11.3 Å². The number of aryl methyl sites for hydroxylation is 1. The first-order chi connectivity index (χ1) is 17.0. The Bertz CT molecular complexity index is 1270. The average Bonchev–Trinajstić information content (AvgIpc) is 3.51. The number of benzene rings is 2. The SMILES string of the molecule is COc1ccc(C(=O)N=c2sc(C)cn2Cc2cccc(C(=O)NC[C@H]3CCCO3)c2)cc1OC. The van der Waals surface area contributed by atoms with Gasteiger partial charge in [0.2, 0.25) is 0 Å². The van der Waals surface area contributed by atoms with E-state index in [9.17, 15) is 9.59 Å². The highest BCUT2D eigenvalue weighted by Crippen LogP contribution is 2.27. The summed E-state index contributed by atoms with van der Waals surface area (Å²) in [6.07, 6.45) is 4.06. The van der Waals surface area contributed by atoms with Crippen LogP contribution in [-0.4, -0.2) is 49.9 Å². The zero-order chi connectivity index (χ0) is 24.8. The van der Waals surface area contributed by atoms with E-state index in [1.54, 1.807) is 31.4 Å². The molecule has 8 nitrogen and oxygen atoms in total. The van der Waals surface area contributed by atoms with Crippen LogP contribution in [-0.2, 0) is 11.3 Å². The van der Waals surface area contributed by atoms with Gasteiger partial charge in [-0.25, -0.2) is 0 Å². The Morgan fingerprint density at radius 3 is 2.71 bits per heavy atom. The lowest BCUT2D eigenvalue weighted by Gasteiger charge is -2.11. The molecule has 2 aromatic carbocycles. The summed E-state index contributed by atoms with van der Waals surface area (Å²) in [4.78, 5) is 31.5. The van der Waals surface area contributed by atoms with Crippen molar-refractivity contribution in [3.63, 3.8) is 0 Å². The molecule has 0 bridgehead atoms. The van der Waals surface area contributed by atoms with E-state index in [1.807, 2.05) is 35.9 Å². The number of rotatable bonds is 8. The largest absolute Gasteiger partial charge is 0.493 e. The molecule has 1 atom stereocenters. The van der Waals surface area contributed by atoms with Crippen molar-refractivity contribution >= 4 is 23.2 Å². The van der Waals surface area contributed by atoms with E-state index in [2.05, 4.69) is 10.3 Å². The standard InChI is InChI=1S/C26H29N3O5S/c1-17-15-29(26(35-17)28-25(31)20-9-10-22(32-2)23(13-20)33-3)16-18-6-4-7-19(12-18)24(30)27-14-21-8-5-11-34-21/h4,6-7,9-10,12-13,15,21H,5,8,11,14,16H2,1-3H3,(H,27,30)/t21-/m1/s1. The van der Waals surface area contributed by atoms with Crippen LogP contribution in [0.2, 0.25) is 0 Å². The minimum absolute atomic E-state index is 0.0962. The second-order valence-electron chi connectivity index (χ2n) is 8.28. The molecule has 0 spiro atoms. The third-order valence-electron chi connectivity index (χ3n) is 5.72. The van der Waals surface area contributed by atoms with Gasteiger partial charge >= 0.3 is 0 Å². The molecule has 1 aliphatic heterocycles. The van der Waals surface area contributed by atoms with E-state index in [0.29, 0.717) is 40.5 Å². The van der Waals surface area contributed by atoms with Gasteiger partial charge in [-0.3, -0.25) is 9.59 Å². The van der Waals surface area contributed by atoms with Gasteiger partial charge in [0.05, 0.1) is 20.3 Å². The Kier molecular flexibility index (Phi) is 7.99. The van der Waals surface area contributed by atoms with Crippen molar-refractivity contribution in [2.24, 2.45) is 4.99 Å². The summed E-state index contributed by atoms with van der Waals surface area (Å²) in [5, 5.41) is 2.96. The number of ether oxygens (including phenoxy) is 3. The third-order valence-corrected chi connectivity index (χ3v) is 6.66. The van der Waals surface area contributed by atoms with E-state index < -0.39 is 0 Å². The van der Waals surface area contributed by atoms with E-state index in [4.69, 9.17) is 14.2 Å². The first-order valence-corrected chi connectivity index (χ1v) is 12.2. The molecule has 3 aromatic rings. The number of hydrogen-bond donors (Lipinski definition) is 1. The summed E-state index contributed by atoms with van der Waals surface area (Å²) in [7, 11) is 3.07. The number of nitrogens with one attached hydrogen (secondary N) is 1. The predicted molar refractivity (Wildman–Crippen MR) is 133 cm³/mol. The number of hydrogen-bond acceptors (Lipinski definition) is 6. The van der Waals surface area contributed by atoms with Gasteiger partial charge in [0.15, 0.2) is 16.3 Å². The zero-order valence-electron chi connectivity index (χ0n) is 20.1. The summed E-state index contributed by atoms with van der Waals surface area (Å²) in [5.41, 5.74) is 1.94. The quantitative estimate of drug-likeness (QED) is 0.516. The summed E-state index contributed by atoms with van der Waals surface area (Å²) in [5.74, 6) is 0.523. The smallest absolute Gasteiger partial charge is 0.279 e. The van der Waals surface area contributed by atoms with Crippen LogP contribution in [0.4, 0.5) is 0 Å². The van der Waals surface area contributed by atoms with Gasteiger partial charge in [0.1, 0.15) is 0 Å². The van der Waals surface area contributed by atoms with Crippen molar-refractivity contribution in [1.29, 1.82) is 0 Å². The topological polar surface area (TPSA) is 91.2 Å². The lowest BCUT2D eigenvalue weighted by molar-refractivity contribution is 0.0857. The molecule has 4 rings (SSSR count). The van der Waals surface area contributed by atoms with E-state index in [1.165, 1.54) is 18.4 Å². The Labute approximate surface area is 208 Å². The molecule has 2 heterocycles. The van der Waals surface area contributed by atoms with Crippen molar-refractivity contribution in [3.05, 3.63) is 75.0 Å². The highest BCUT2D eigenvalue weighted by Gasteiger charge is 2.17. The number of amides is 2. The summed E-state index contributed by atoms with van der Waals surface area (Å²) < 4.78 is 18.0. The van der Waals surface area contributed by atoms with Crippen LogP contribution in [0.15, 0.2) is 53.7 Å². The minimum Gasteiger partial charge on any atom is -0.493 e.